The molecule has 0 atom stereocenters. The van der Waals surface area contributed by atoms with E-state index in [4.69, 9.17) is 16.3 Å². The van der Waals surface area contributed by atoms with Crippen molar-refractivity contribution < 1.29 is 14.3 Å². The molecule has 0 N–H and O–H groups in total. The summed E-state index contributed by atoms with van der Waals surface area (Å²) in [5.41, 5.74) is 2.19. The number of carbonyl (C=O) groups excluding carboxylic acids is 2. The van der Waals surface area contributed by atoms with Crippen LogP contribution in [0.2, 0.25) is 5.02 Å². The van der Waals surface area contributed by atoms with Crippen LogP contribution in [0.25, 0.3) is 5.57 Å². The van der Waals surface area contributed by atoms with E-state index in [-0.39, 0.29) is 17.9 Å². The first-order chi connectivity index (χ1) is 14.5. The van der Waals surface area contributed by atoms with Crippen molar-refractivity contribution >= 4 is 34.7 Å². The second kappa shape index (κ2) is 8.52. The van der Waals surface area contributed by atoms with Gasteiger partial charge in [-0.15, -0.1) is 0 Å². The lowest BCUT2D eigenvalue weighted by atomic mass is 10.0. The number of carbonyl (C=O) groups is 2. The Kier molecular flexibility index (Phi) is 5.82. The monoisotopic (exact) mass is 424 g/mol. The summed E-state index contributed by atoms with van der Waals surface area (Å²) in [6.45, 7) is 5.49. The third-order valence-electron chi connectivity index (χ3n) is 5.33. The largest absolute Gasteiger partial charge is 0.491 e. The van der Waals surface area contributed by atoms with Gasteiger partial charge in [0.25, 0.3) is 11.8 Å². The molecule has 0 aliphatic carbocycles. The van der Waals surface area contributed by atoms with Crippen molar-refractivity contribution in [3.63, 3.8) is 0 Å². The first kappa shape index (κ1) is 20.5. The van der Waals surface area contributed by atoms with Crippen molar-refractivity contribution in [3.8, 4) is 5.75 Å². The Bertz CT molecular complexity index is 975. The third-order valence-corrected chi connectivity index (χ3v) is 5.58. The zero-order chi connectivity index (χ0) is 21.3. The molecule has 2 aromatic rings. The Morgan fingerprint density at radius 3 is 2.10 bits per heavy atom. The van der Waals surface area contributed by atoms with Gasteiger partial charge in [-0.2, -0.15) is 0 Å². The summed E-state index contributed by atoms with van der Waals surface area (Å²) >= 11 is 6.00. The van der Waals surface area contributed by atoms with Crippen LogP contribution in [-0.4, -0.2) is 35.9 Å². The van der Waals surface area contributed by atoms with Gasteiger partial charge in [0.05, 0.1) is 17.4 Å². The molecular formula is C24H25ClN2O3. The van der Waals surface area contributed by atoms with Crippen LogP contribution >= 0.6 is 11.6 Å². The number of ether oxygens (including phenoxy) is 1. The number of halogens is 1. The molecule has 2 aliphatic heterocycles. The van der Waals surface area contributed by atoms with Gasteiger partial charge in [0.15, 0.2) is 0 Å². The number of hydrogen-bond acceptors (Lipinski definition) is 4. The number of benzene rings is 2. The van der Waals surface area contributed by atoms with Gasteiger partial charge >= 0.3 is 0 Å². The molecule has 0 unspecified atom stereocenters. The fourth-order valence-electron chi connectivity index (χ4n) is 3.99. The van der Waals surface area contributed by atoms with Crippen molar-refractivity contribution in [2.24, 2.45) is 0 Å². The average Bonchev–Trinajstić information content (AvgIpc) is 3.00. The highest BCUT2D eigenvalue weighted by molar-refractivity contribution is 6.45. The van der Waals surface area contributed by atoms with E-state index in [1.165, 1.54) is 4.90 Å². The first-order valence-electron chi connectivity index (χ1n) is 10.4. The molecule has 2 aliphatic rings. The molecule has 30 heavy (non-hydrogen) atoms. The quantitative estimate of drug-likeness (QED) is 0.641. The summed E-state index contributed by atoms with van der Waals surface area (Å²) in [4.78, 5) is 30.2. The molecule has 2 heterocycles. The molecule has 0 bridgehead atoms. The molecule has 1 saturated heterocycles. The molecule has 4 rings (SSSR count). The van der Waals surface area contributed by atoms with E-state index in [1.807, 2.05) is 38.1 Å². The minimum atomic E-state index is -0.305. The fourth-order valence-corrected chi connectivity index (χ4v) is 4.11. The summed E-state index contributed by atoms with van der Waals surface area (Å²) in [6.07, 6.45) is 3.23. The van der Waals surface area contributed by atoms with Crippen LogP contribution in [0.1, 0.15) is 38.7 Å². The maximum absolute atomic E-state index is 13.5. The van der Waals surface area contributed by atoms with E-state index in [1.54, 1.807) is 24.3 Å². The predicted octanol–water partition coefficient (Wildman–Crippen LogP) is 4.90. The molecule has 1 fully saturated rings. The van der Waals surface area contributed by atoms with Crippen LogP contribution in [0.3, 0.4) is 0 Å². The molecule has 5 nitrogen and oxygen atoms in total. The van der Waals surface area contributed by atoms with Crippen LogP contribution in [0.15, 0.2) is 54.2 Å². The number of rotatable bonds is 5. The van der Waals surface area contributed by atoms with E-state index in [2.05, 4.69) is 4.90 Å². The van der Waals surface area contributed by atoms with Gasteiger partial charge in [0, 0.05) is 18.1 Å². The van der Waals surface area contributed by atoms with E-state index in [0.717, 1.165) is 43.7 Å². The van der Waals surface area contributed by atoms with Crippen LogP contribution in [0, 0.1) is 0 Å². The van der Waals surface area contributed by atoms with Gasteiger partial charge in [-0.1, -0.05) is 23.7 Å². The number of imide groups is 1. The minimum absolute atomic E-state index is 0.0639. The number of likely N-dealkylation sites (tertiary alicyclic amines) is 1. The molecule has 156 valence electrons. The minimum Gasteiger partial charge on any atom is -0.491 e. The maximum atomic E-state index is 13.5. The molecule has 0 spiro atoms. The molecule has 6 heteroatoms. The molecule has 0 saturated carbocycles. The lowest BCUT2D eigenvalue weighted by Gasteiger charge is -2.29. The Morgan fingerprint density at radius 1 is 0.867 bits per heavy atom. The molecule has 2 amide bonds. The van der Waals surface area contributed by atoms with Crippen molar-refractivity contribution in [3.05, 3.63) is 64.8 Å². The number of nitrogens with zero attached hydrogens (tertiary/aromatic N) is 2. The van der Waals surface area contributed by atoms with Crippen LogP contribution in [-0.2, 0) is 9.59 Å². The van der Waals surface area contributed by atoms with Crippen molar-refractivity contribution in [1.82, 2.24) is 4.90 Å². The Morgan fingerprint density at radius 2 is 1.50 bits per heavy atom. The average molecular weight is 425 g/mol. The van der Waals surface area contributed by atoms with Gasteiger partial charge in [-0.05, 0) is 75.1 Å². The lowest BCUT2D eigenvalue weighted by Crippen LogP contribution is -2.37. The van der Waals surface area contributed by atoms with E-state index in [9.17, 15) is 9.59 Å². The standard InChI is InChI=1S/C24H25ClN2O3/c1-16(2)30-20-12-6-17(7-13-20)21-22(26-14-4-3-5-15-26)24(29)27(23(21)28)19-10-8-18(25)9-11-19/h6-13,16H,3-5,14-15H2,1-2H3. The summed E-state index contributed by atoms with van der Waals surface area (Å²) in [5, 5.41) is 0.558. The molecule has 2 aromatic carbocycles. The van der Waals surface area contributed by atoms with E-state index >= 15 is 0 Å². The van der Waals surface area contributed by atoms with Gasteiger partial charge in [-0.25, -0.2) is 4.90 Å². The second-order valence-electron chi connectivity index (χ2n) is 7.88. The van der Waals surface area contributed by atoms with Gasteiger partial charge in [0.2, 0.25) is 0 Å². The van der Waals surface area contributed by atoms with Gasteiger partial charge in [-0.3, -0.25) is 9.59 Å². The first-order valence-corrected chi connectivity index (χ1v) is 10.7. The Labute approximate surface area is 181 Å². The van der Waals surface area contributed by atoms with Gasteiger partial charge < -0.3 is 9.64 Å². The third kappa shape index (κ3) is 3.94. The fraction of sp³-hybridized carbons (Fsp3) is 0.333. The zero-order valence-electron chi connectivity index (χ0n) is 17.2. The number of piperidine rings is 1. The van der Waals surface area contributed by atoms with Gasteiger partial charge in [0.1, 0.15) is 11.4 Å². The highest BCUT2D eigenvalue weighted by atomic mass is 35.5. The SMILES string of the molecule is CC(C)Oc1ccc(C2=C(N3CCCCC3)C(=O)N(c3ccc(Cl)cc3)C2=O)cc1. The normalized spacial score (nSPS) is 17.3. The lowest BCUT2D eigenvalue weighted by molar-refractivity contribution is -0.120. The van der Waals surface area contributed by atoms with E-state index in [0.29, 0.717) is 22.0 Å². The van der Waals surface area contributed by atoms with Crippen LogP contribution in [0.4, 0.5) is 5.69 Å². The maximum Gasteiger partial charge on any atom is 0.282 e. The van der Waals surface area contributed by atoms with Crippen LogP contribution in [0.5, 0.6) is 5.75 Å². The Hall–Kier alpha value is -2.79. The predicted molar refractivity (Wildman–Crippen MR) is 118 cm³/mol. The van der Waals surface area contributed by atoms with Crippen molar-refractivity contribution in [2.45, 2.75) is 39.2 Å². The number of anilines is 1. The smallest absolute Gasteiger partial charge is 0.282 e. The number of hydrogen-bond donors (Lipinski definition) is 0. The topological polar surface area (TPSA) is 49.9 Å². The zero-order valence-corrected chi connectivity index (χ0v) is 18.0. The summed E-state index contributed by atoms with van der Waals surface area (Å²) in [5.74, 6) is 0.155. The molecule has 0 radical (unpaired) electrons. The van der Waals surface area contributed by atoms with E-state index < -0.39 is 0 Å². The second-order valence-corrected chi connectivity index (χ2v) is 8.32. The van der Waals surface area contributed by atoms with Crippen LogP contribution < -0.4 is 9.64 Å². The summed E-state index contributed by atoms with van der Waals surface area (Å²) in [6, 6.07) is 14.2. The number of amides is 2. The highest BCUT2D eigenvalue weighted by Crippen LogP contribution is 2.36. The van der Waals surface area contributed by atoms with Crippen molar-refractivity contribution in [2.75, 3.05) is 18.0 Å². The van der Waals surface area contributed by atoms with Crippen molar-refractivity contribution in [1.29, 1.82) is 0 Å². The summed E-state index contributed by atoms with van der Waals surface area (Å²) < 4.78 is 5.72. The summed E-state index contributed by atoms with van der Waals surface area (Å²) in [7, 11) is 0. The highest BCUT2D eigenvalue weighted by Gasteiger charge is 2.42. The Balaban J connectivity index is 1.76. The molecule has 0 aromatic heterocycles. The molecular weight excluding hydrogens is 400 g/mol.